The highest BCUT2D eigenvalue weighted by Gasteiger charge is 2.35. The maximum absolute atomic E-state index is 3.66. The maximum Gasteiger partial charge on any atom is 0.0120 e. The van der Waals surface area contributed by atoms with E-state index in [9.17, 15) is 0 Å². The van der Waals surface area contributed by atoms with Crippen molar-refractivity contribution in [1.82, 2.24) is 10.2 Å². The monoisotopic (exact) mass is 238 g/mol. The Morgan fingerprint density at radius 3 is 2.41 bits per heavy atom. The molecule has 0 aromatic heterocycles. The van der Waals surface area contributed by atoms with Crippen LogP contribution in [0.1, 0.15) is 59.3 Å². The Morgan fingerprint density at radius 1 is 1.06 bits per heavy atom. The third-order valence-electron chi connectivity index (χ3n) is 5.13. The summed E-state index contributed by atoms with van der Waals surface area (Å²) in [5.41, 5.74) is 0. The standard InChI is InChI=1S/C15H30N2/c1-4-16-15-10-11-17(13(3)12(15)2)14-8-6-5-7-9-14/h12-16H,4-11H2,1-3H3. The topological polar surface area (TPSA) is 15.3 Å². The molecule has 0 aromatic rings. The van der Waals surface area contributed by atoms with Crippen molar-refractivity contribution in [3.8, 4) is 0 Å². The van der Waals surface area contributed by atoms with E-state index in [4.69, 9.17) is 0 Å². The lowest BCUT2D eigenvalue weighted by Gasteiger charge is -2.47. The van der Waals surface area contributed by atoms with Crippen molar-refractivity contribution >= 4 is 0 Å². The van der Waals surface area contributed by atoms with Crippen LogP contribution in [-0.4, -0.2) is 36.1 Å². The molecule has 1 saturated carbocycles. The van der Waals surface area contributed by atoms with Crippen molar-refractivity contribution < 1.29 is 0 Å². The summed E-state index contributed by atoms with van der Waals surface area (Å²) >= 11 is 0. The average Bonchev–Trinajstić information content (AvgIpc) is 2.36. The van der Waals surface area contributed by atoms with Gasteiger partial charge in [-0.3, -0.25) is 4.90 Å². The van der Waals surface area contributed by atoms with Crippen LogP contribution in [-0.2, 0) is 0 Å². The third kappa shape index (κ3) is 3.03. The molecule has 2 heteroatoms. The van der Waals surface area contributed by atoms with E-state index in [1.807, 2.05) is 0 Å². The van der Waals surface area contributed by atoms with Crippen molar-refractivity contribution in [2.75, 3.05) is 13.1 Å². The molecule has 0 amide bonds. The van der Waals surface area contributed by atoms with Gasteiger partial charge in [0.1, 0.15) is 0 Å². The lowest BCUT2D eigenvalue weighted by atomic mass is 9.83. The molecule has 0 aromatic carbocycles. The smallest absolute Gasteiger partial charge is 0.0120 e. The molecule has 1 heterocycles. The summed E-state index contributed by atoms with van der Waals surface area (Å²) in [6.07, 6.45) is 8.62. The first-order valence-corrected chi connectivity index (χ1v) is 7.73. The minimum Gasteiger partial charge on any atom is -0.314 e. The van der Waals surface area contributed by atoms with Gasteiger partial charge in [0, 0.05) is 24.7 Å². The van der Waals surface area contributed by atoms with Gasteiger partial charge in [0.15, 0.2) is 0 Å². The highest BCUT2D eigenvalue weighted by Crippen LogP contribution is 2.31. The lowest BCUT2D eigenvalue weighted by molar-refractivity contribution is 0.0325. The van der Waals surface area contributed by atoms with Crippen LogP contribution in [0.15, 0.2) is 0 Å². The highest BCUT2D eigenvalue weighted by molar-refractivity contribution is 4.92. The zero-order chi connectivity index (χ0) is 12.3. The zero-order valence-electron chi connectivity index (χ0n) is 11.9. The number of nitrogens with zero attached hydrogens (tertiary/aromatic N) is 1. The van der Waals surface area contributed by atoms with E-state index in [2.05, 4.69) is 31.0 Å². The summed E-state index contributed by atoms with van der Waals surface area (Å²) in [6.45, 7) is 9.54. The molecule has 17 heavy (non-hydrogen) atoms. The number of nitrogens with one attached hydrogen (secondary N) is 1. The molecular formula is C15H30N2. The van der Waals surface area contributed by atoms with Crippen LogP contribution in [0, 0.1) is 5.92 Å². The van der Waals surface area contributed by atoms with E-state index >= 15 is 0 Å². The Hall–Kier alpha value is -0.0800. The van der Waals surface area contributed by atoms with Crippen molar-refractivity contribution in [2.45, 2.75) is 77.4 Å². The fourth-order valence-electron chi connectivity index (χ4n) is 3.87. The number of piperidine rings is 1. The Bertz CT molecular complexity index is 223. The predicted molar refractivity (Wildman–Crippen MR) is 74.3 cm³/mol. The number of hydrogen-bond donors (Lipinski definition) is 1. The van der Waals surface area contributed by atoms with Gasteiger partial charge < -0.3 is 5.32 Å². The van der Waals surface area contributed by atoms with E-state index in [1.165, 1.54) is 45.1 Å². The minimum atomic E-state index is 0.745. The maximum atomic E-state index is 3.66. The molecule has 3 atom stereocenters. The fraction of sp³-hybridized carbons (Fsp3) is 1.00. The molecule has 1 aliphatic heterocycles. The zero-order valence-corrected chi connectivity index (χ0v) is 11.9. The Morgan fingerprint density at radius 2 is 1.76 bits per heavy atom. The molecule has 0 bridgehead atoms. The molecular weight excluding hydrogens is 208 g/mol. The van der Waals surface area contributed by atoms with Gasteiger partial charge in [-0.15, -0.1) is 0 Å². The van der Waals surface area contributed by atoms with Gasteiger partial charge in [0.2, 0.25) is 0 Å². The van der Waals surface area contributed by atoms with Crippen molar-refractivity contribution in [3.63, 3.8) is 0 Å². The Labute approximate surface area is 107 Å². The van der Waals surface area contributed by atoms with Gasteiger partial charge in [-0.05, 0) is 38.6 Å². The highest BCUT2D eigenvalue weighted by atomic mass is 15.2. The van der Waals surface area contributed by atoms with E-state index in [-0.39, 0.29) is 0 Å². The number of hydrogen-bond acceptors (Lipinski definition) is 2. The van der Waals surface area contributed by atoms with E-state index < -0.39 is 0 Å². The average molecular weight is 238 g/mol. The summed E-state index contributed by atoms with van der Waals surface area (Å²) in [4.78, 5) is 2.82. The van der Waals surface area contributed by atoms with Crippen molar-refractivity contribution in [1.29, 1.82) is 0 Å². The molecule has 3 unspecified atom stereocenters. The van der Waals surface area contributed by atoms with Gasteiger partial charge >= 0.3 is 0 Å². The molecule has 0 radical (unpaired) electrons. The normalized spacial score (nSPS) is 37.2. The number of rotatable bonds is 3. The summed E-state index contributed by atoms with van der Waals surface area (Å²) in [5, 5.41) is 3.66. The fourth-order valence-corrected chi connectivity index (χ4v) is 3.87. The van der Waals surface area contributed by atoms with Crippen LogP contribution in [0.25, 0.3) is 0 Å². The molecule has 1 aliphatic carbocycles. The van der Waals surface area contributed by atoms with E-state index in [0.29, 0.717) is 0 Å². The number of likely N-dealkylation sites (tertiary alicyclic amines) is 1. The van der Waals surface area contributed by atoms with Gasteiger partial charge in [0.05, 0.1) is 0 Å². The van der Waals surface area contributed by atoms with Gasteiger partial charge in [-0.25, -0.2) is 0 Å². The van der Waals surface area contributed by atoms with Gasteiger partial charge in [-0.2, -0.15) is 0 Å². The molecule has 1 saturated heterocycles. The van der Waals surface area contributed by atoms with Crippen molar-refractivity contribution in [3.05, 3.63) is 0 Å². The lowest BCUT2D eigenvalue weighted by Crippen LogP contribution is -2.56. The molecule has 2 rings (SSSR count). The van der Waals surface area contributed by atoms with E-state index in [0.717, 1.165) is 30.6 Å². The first kappa shape index (κ1) is 13.4. The summed E-state index contributed by atoms with van der Waals surface area (Å²) in [6, 6.07) is 2.40. The second kappa shape index (κ2) is 6.19. The Balaban J connectivity index is 1.92. The second-order valence-corrected chi connectivity index (χ2v) is 6.08. The van der Waals surface area contributed by atoms with Crippen molar-refractivity contribution in [2.24, 2.45) is 5.92 Å². The molecule has 100 valence electrons. The van der Waals surface area contributed by atoms with Crippen LogP contribution in [0.4, 0.5) is 0 Å². The van der Waals surface area contributed by atoms with Crippen LogP contribution < -0.4 is 5.32 Å². The summed E-state index contributed by atoms with van der Waals surface area (Å²) in [5.74, 6) is 0.797. The second-order valence-electron chi connectivity index (χ2n) is 6.08. The predicted octanol–water partition coefficient (Wildman–Crippen LogP) is 3.03. The van der Waals surface area contributed by atoms with Gasteiger partial charge in [0.25, 0.3) is 0 Å². The first-order chi connectivity index (χ1) is 8.24. The Kier molecular flexibility index (Phi) is 4.87. The van der Waals surface area contributed by atoms with E-state index in [1.54, 1.807) is 0 Å². The summed E-state index contributed by atoms with van der Waals surface area (Å²) in [7, 11) is 0. The first-order valence-electron chi connectivity index (χ1n) is 7.73. The van der Waals surface area contributed by atoms with Crippen LogP contribution in [0.5, 0.6) is 0 Å². The minimum absolute atomic E-state index is 0.745. The SMILES string of the molecule is CCNC1CCN(C2CCCCC2)C(C)C1C. The van der Waals surface area contributed by atoms with Crippen LogP contribution in [0.2, 0.25) is 0 Å². The largest absolute Gasteiger partial charge is 0.314 e. The molecule has 2 aliphatic rings. The molecule has 2 fully saturated rings. The molecule has 2 nitrogen and oxygen atoms in total. The van der Waals surface area contributed by atoms with Gasteiger partial charge in [-0.1, -0.05) is 33.1 Å². The summed E-state index contributed by atoms with van der Waals surface area (Å²) < 4.78 is 0. The van der Waals surface area contributed by atoms with Crippen LogP contribution >= 0.6 is 0 Å². The quantitative estimate of drug-likeness (QED) is 0.813. The molecule has 0 spiro atoms. The van der Waals surface area contributed by atoms with Crippen LogP contribution in [0.3, 0.4) is 0 Å². The third-order valence-corrected chi connectivity index (χ3v) is 5.13. The molecule has 1 N–H and O–H groups in total.